The minimum Gasteiger partial charge on any atom is -0.313 e. The molecule has 0 bridgehead atoms. The van der Waals surface area contributed by atoms with Crippen LogP contribution in [0.3, 0.4) is 0 Å². The summed E-state index contributed by atoms with van der Waals surface area (Å²) in [4.78, 5) is 0.649. The second kappa shape index (κ2) is 3.79. The number of rotatable bonds is 1. The first-order chi connectivity index (χ1) is 6.72. The van der Waals surface area contributed by atoms with E-state index in [1.54, 1.807) is 6.07 Å². The lowest BCUT2D eigenvalue weighted by Crippen LogP contribution is -2.24. The SMILES string of the molecule is CNC1CCS(=O)c2cc(F)ccc21. The molecule has 0 aromatic heterocycles. The third kappa shape index (κ3) is 1.60. The smallest absolute Gasteiger partial charge is 0.124 e. The van der Waals surface area contributed by atoms with E-state index in [1.165, 1.54) is 12.1 Å². The van der Waals surface area contributed by atoms with Crippen molar-refractivity contribution < 1.29 is 8.60 Å². The lowest BCUT2D eigenvalue weighted by atomic mass is 10.0. The maximum Gasteiger partial charge on any atom is 0.124 e. The Labute approximate surface area is 85.0 Å². The highest BCUT2D eigenvalue weighted by Gasteiger charge is 2.23. The van der Waals surface area contributed by atoms with Gasteiger partial charge in [-0.2, -0.15) is 0 Å². The van der Waals surface area contributed by atoms with Crippen molar-refractivity contribution >= 4 is 10.8 Å². The molecule has 0 saturated heterocycles. The van der Waals surface area contributed by atoms with Crippen molar-refractivity contribution in [3.8, 4) is 0 Å². The molecule has 0 amide bonds. The molecule has 14 heavy (non-hydrogen) atoms. The minimum atomic E-state index is -1.03. The van der Waals surface area contributed by atoms with Crippen molar-refractivity contribution in [1.29, 1.82) is 0 Å². The van der Waals surface area contributed by atoms with Crippen LogP contribution in [0.1, 0.15) is 18.0 Å². The van der Waals surface area contributed by atoms with Gasteiger partial charge in [-0.3, -0.25) is 4.21 Å². The molecule has 2 nitrogen and oxygen atoms in total. The van der Waals surface area contributed by atoms with E-state index in [0.717, 1.165) is 12.0 Å². The van der Waals surface area contributed by atoms with E-state index >= 15 is 0 Å². The Balaban J connectivity index is 2.51. The van der Waals surface area contributed by atoms with Gasteiger partial charge in [-0.05, 0) is 31.2 Å². The molecule has 2 rings (SSSR count). The molecule has 1 aromatic carbocycles. The summed E-state index contributed by atoms with van der Waals surface area (Å²) < 4.78 is 24.6. The second-order valence-electron chi connectivity index (χ2n) is 3.36. The largest absolute Gasteiger partial charge is 0.313 e. The van der Waals surface area contributed by atoms with Crippen LogP contribution in [-0.2, 0) is 10.8 Å². The van der Waals surface area contributed by atoms with E-state index in [1.807, 2.05) is 7.05 Å². The van der Waals surface area contributed by atoms with Gasteiger partial charge >= 0.3 is 0 Å². The van der Waals surface area contributed by atoms with Gasteiger partial charge in [0, 0.05) is 16.7 Å². The van der Waals surface area contributed by atoms with Gasteiger partial charge in [0.1, 0.15) is 5.82 Å². The highest BCUT2D eigenvalue weighted by Crippen LogP contribution is 2.29. The van der Waals surface area contributed by atoms with Crippen LogP contribution in [0.4, 0.5) is 4.39 Å². The molecule has 2 atom stereocenters. The molecule has 1 heterocycles. The fourth-order valence-corrected chi connectivity index (χ4v) is 3.17. The fraction of sp³-hybridized carbons (Fsp3) is 0.400. The van der Waals surface area contributed by atoms with Crippen LogP contribution < -0.4 is 5.32 Å². The molecule has 1 aliphatic rings. The monoisotopic (exact) mass is 213 g/mol. The number of nitrogens with one attached hydrogen (secondary N) is 1. The topological polar surface area (TPSA) is 29.1 Å². The highest BCUT2D eigenvalue weighted by molar-refractivity contribution is 7.85. The van der Waals surface area contributed by atoms with Gasteiger partial charge < -0.3 is 5.32 Å². The van der Waals surface area contributed by atoms with Crippen LogP contribution in [0.5, 0.6) is 0 Å². The zero-order chi connectivity index (χ0) is 10.1. The molecular weight excluding hydrogens is 201 g/mol. The Morgan fingerprint density at radius 1 is 1.57 bits per heavy atom. The predicted octanol–water partition coefficient (Wildman–Crippen LogP) is 1.60. The summed E-state index contributed by atoms with van der Waals surface area (Å²) in [6.45, 7) is 0. The van der Waals surface area contributed by atoms with Crippen LogP contribution in [0, 0.1) is 5.82 Å². The van der Waals surface area contributed by atoms with E-state index < -0.39 is 10.8 Å². The van der Waals surface area contributed by atoms with Gasteiger partial charge in [-0.25, -0.2) is 4.39 Å². The van der Waals surface area contributed by atoms with Gasteiger partial charge in [0.15, 0.2) is 0 Å². The van der Waals surface area contributed by atoms with E-state index in [-0.39, 0.29) is 11.9 Å². The standard InChI is InChI=1S/C10H12FNOS/c1-12-9-4-5-14(13)10-6-7(11)2-3-8(9)10/h2-3,6,9,12H,4-5H2,1H3. The van der Waals surface area contributed by atoms with E-state index in [9.17, 15) is 8.60 Å². The summed E-state index contributed by atoms with van der Waals surface area (Å²) in [6, 6.07) is 4.74. The van der Waals surface area contributed by atoms with Gasteiger partial charge in [-0.15, -0.1) is 0 Å². The lowest BCUT2D eigenvalue weighted by Gasteiger charge is -2.24. The molecule has 4 heteroatoms. The first-order valence-electron chi connectivity index (χ1n) is 4.57. The second-order valence-corrected chi connectivity index (χ2v) is 4.90. The van der Waals surface area contributed by atoms with Gasteiger partial charge in [-0.1, -0.05) is 6.07 Å². The van der Waals surface area contributed by atoms with Crippen molar-refractivity contribution in [2.75, 3.05) is 12.8 Å². The third-order valence-corrected chi connectivity index (χ3v) is 3.99. The maximum absolute atomic E-state index is 12.9. The van der Waals surface area contributed by atoms with Crippen molar-refractivity contribution in [3.05, 3.63) is 29.6 Å². The van der Waals surface area contributed by atoms with Crippen LogP contribution in [0.15, 0.2) is 23.1 Å². The summed E-state index contributed by atoms with van der Waals surface area (Å²) in [5.74, 6) is 0.302. The summed E-state index contributed by atoms with van der Waals surface area (Å²) in [7, 11) is 0.839. The van der Waals surface area contributed by atoms with Crippen molar-refractivity contribution in [3.63, 3.8) is 0 Å². The van der Waals surface area contributed by atoms with Crippen LogP contribution in [0.25, 0.3) is 0 Å². The Bertz CT molecular complexity index is 380. The number of hydrogen-bond acceptors (Lipinski definition) is 2. The molecule has 0 fully saturated rings. The van der Waals surface area contributed by atoms with Crippen molar-refractivity contribution in [2.24, 2.45) is 0 Å². The van der Waals surface area contributed by atoms with E-state index in [4.69, 9.17) is 0 Å². The van der Waals surface area contributed by atoms with Crippen LogP contribution in [0.2, 0.25) is 0 Å². The summed E-state index contributed by atoms with van der Waals surface area (Å²) in [6.07, 6.45) is 0.849. The van der Waals surface area contributed by atoms with Crippen LogP contribution >= 0.6 is 0 Å². The summed E-state index contributed by atoms with van der Waals surface area (Å²) >= 11 is 0. The number of fused-ring (bicyclic) bond motifs is 1. The molecule has 1 aliphatic heterocycles. The maximum atomic E-state index is 12.9. The van der Waals surface area contributed by atoms with Crippen molar-refractivity contribution in [1.82, 2.24) is 5.32 Å². The predicted molar refractivity (Wildman–Crippen MR) is 54.1 cm³/mol. The third-order valence-electron chi connectivity index (χ3n) is 2.54. The Morgan fingerprint density at radius 3 is 3.07 bits per heavy atom. The normalized spacial score (nSPS) is 25.9. The fourth-order valence-electron chi connectivity index (χ4n) is 1.78. The zero-order valence-electron chi connectivity index (χ0n) is 7.92. The quantitative estimate of drug-likeness (QED) is 0.767. The molecule has 1 aromatic rings. The zero-order valence-corrected chi connectivity index (χ0v) is 8.73. The molecule has 2 unspecified atom stereocenters. The molecule has 0 aliphatic carbocycles. The van der Waals surface area contributed by atoms with E-state index in [2.05, 4.69) is 5.32 Å². The average molecular weight is 213 g/mol. The minimum absolute atomic E-state index is 0.211. The number of hydrogen-bond donors (Lipinski definition) is 1. The Hall–Kier alpha value is -0.740. The molecular formula is C10H12FNOS. The Morgan fingerprint density at radius 2 is 2.36 bits per heavy atom. The summed E-state index contributed by atoms with van der Waals surface area (Å²) in [5, 5.41) is 3.14. The molecule has 0 saturated carbocycles. The van der Waals surface area contributed by atoms with Gasteiger partial charge in [0.2, 0.25) is 0 Å². The molecule has 76 valence electrons. The molecule has 1 N–H and O–H groups in total. The highest BCUT2D eigenvalue weighted by atomic mass is 32.2. The van der Waals surface area contributed by atoms with Crippen molar-refractivity contribution in [2.45, 2.75) is 17.4 Å². The Kier molecular flexibility index (Phi) is 2.65. The number of halogens is 1. The number of benzene rings is 1. The first kappa shape index (κ1) is 9.80. The van der Waals surface area contributed by atoms with Gasteiger partial charge in [0.05, 0.1) is 10.8 Å². The van der Waals surface area contributed by atoms with Gasteiger partial charge in [0.25, 0.3) is 0 Å². The summed E-state index contributed by atoms with van der Waals surface area (Å²) in [5.41, 5.74) is 0.971. The molecule has 0 spiro atoms. The molecule has 0 radical (unpaired) electrons. The first-order valence-corrected chi connectivity index (χ1v) is 5.89. The lowest BCUT2D eigenvalue weighted by molar-refractivity contribution is 0.547. The van der Waals surface area contributed by atoms with E-state index in [0.29, 0.717) is 10.6 Å². The average Bonchev–Trinajstić information content (AvgIpc) is 2.19. The van der Waals surface area contributed by atoms with Crippen LogP contribution in [-0.4, -0.2) is 17.0 Å².